The van der Waals surface area contributed by atoms with Crippen LogP contribution in [-0.4, -0.2) is 27.8 Å². The normalized spacial score (nSPS) is 17.3. The van der Waals surface area contributed by atoms with Gasteiger partial charge < -0.3 is 14.8 Å². The van der Waals surface area contributed by atoms with Crippen molar-refractivity contribution in [2.45, 2.75) is 43.1 Å². The van der Waals surface area contributed by atoms with Crippen LogP contribution in [0.2, 0.25) is 0 Å². The average molecular weight is 498 g/mol. The van der Waals surface area contributed by atoms with E-state index in [-0.39, 0.29) is 24.4 Å². The minimum atomic E-state index is -5.56. The topological polar surface area (TPSA) is 75.4 Å². The first kappa shape index (κ1) is 24.8. The molecule has 2 unspecified atom stereocenters. The fourth-order valence-corrected chi connectivity index (χ4v) is 4.35. The van der Waals surface area contributed by atoms with E-state index in [0.717, 1.165) is 18.2 Å². The van der Waals surface area contributed by atoms with E-state index in [4.69, 9.17) is 4.42 Å². The molecule has 11 heteroatoms. The maximum atomic E-state index is 14.4. The van der Waals surface area contributed by atoms with E-state index in [1.807, 2.05) is 5.32 Å². The predicted octanol–water partition coefficient (Wildman–Crippen LogP) is 6.18. The molecule has 0 aliphatic heterocycles. The van der Waals surface area contributed by atoms with Crippen LogP contribution in [0.3, 0.4) is 0 Å². The highest BCUT2D eigenvalue weighted by Crippen LogP contribution is 2.53. The zero-order valence-corrected chi connectivity index (χ0v) is 18.0. The zero-order valence-electron chi connectivity index (χ0n) is 18.0. The molecule has 35 heavy (non-hydrogen) atoms. The Morgan fingerprint density at radius 3 is 2.20 bits per heavy atom. The minimum Gasteiger partial charge on any atom is -0.445 e. The van der Waals surface area contributed by atoms with Crippen molar-refractivity contribution in [2.75, 3.05) is 5.32 Å². The molecule has 1 aliphatic carbocycles. The molecule has 2 atom stereocenters. The fraction of sp³-hybridized carbons (Fsp3) is 0.333. The lowest BCUT2D eigenvalue weighted by molar-refractivity contribution is -0.263. The minimum absolute atomic E-state index is 0.0931. The van der Waals surface area contributed by atoms with Crippen LogP contribution < -0.4 is 5.32 Å². The third-order valence-electron chi connectivity index (χ3n) is 6.27. The highest BCUT2D eigenvalue weighted by atomic mass is 19.4. The van der Waals surface area contributed by atoms with E-state index in [9.17, 15) is 36.2 Å². The molecule has 5 nitrogen and oxygen atoms in total. The molecule has 2 N–H and O–H groups in total. The first-order valence-electron chi connectivity index (χ1n) is 10.7. The summed E-state index contributed by atoms with van der Waals surface area (Å²) < 4.78 is 89.4. The van der Waals surface area contributed by atoms with Crippen molar-refractivity contribution in [3.63, 3.8) is 0 Å². The fourth-order valence-electron chi connectivity index (χ4n) is 4.35. The van der Waals surface area contributed by atoms with Crippen LogP contribution in [0.1, 0.15) is 36.3 Å². The monoisotopic (exact) mass is 498 g/mol. The predicted molar refractivity (Wildman–Crippen MR) is 113 cm³/mol. The van der Waals surface area contributed by atoms with Crippen LogP contribution in [0.15, 0.2) is 65.4 Å². The zero-order chi connectivity index (χ0) is 25.4. The van der Waals surface area contributed by atoms with Crippen LogP contribution in [0.25, 0.3) is 11.5 Å². The van der Waals surface area contributed by atoms with Gasteiger partial charge in [0.05, 0.1) is 11.8 Å². The Bertz CT molecular complexity index is 1170. The van der Waals surface area contributed by atoms with E-state index >= 15 is 0 Å². The lowest BCUT2D eigenvalue weighted by Crippen LogP contribution is -2.61. The highest BCUT2D eigenvalue weighted by Gasteiger charge is 2.66. The summed E-state index contributed by atoms with van der Waals surface area (Å²) in [6.45, 7) is 0. The molecule has 1 amide bonds. The molecule has 0 radical (unpaired) electrons. The summed E-state index contributed by atoms with van der Waals surface area (Å²) in [5.74, 6) is -4.74. The lowest BCUT2D eigenvalue weighted by atomic mass is 9.64. The van der Waals surface area contributed by atoms with E-state index in [1.165, 1.54) is 36.7 Å². The van der Waals surface area contributed by atoms with E-state index in [1.54, 1.807) is 0 Å². The van der Waals surface area contributed by atoms with Gasteiger partial charge in [0.25, 0.3) is 5.91 Å². The van der Waals surface area contributed by atoms with Gasteiger partial charge in [0.1, 0.15) is 6.26 Å². The van der Waals surface area contributed by atoms with Gasteiger partial charge in [-0.15, -0.1) is 0 Å². The van der Waals surface area contributed by atoms with Gasteiger partial charge in [0, 0.05) is 17.2 Å². The van der Waals surface area contributed by atoms with Crippen LogP contribution in [0.5, 0.6) is 0 Å². The average Bonchev–Trinajstić information content (AvgIpc) is 3.29. The Labute approximate surface area is 195 Å². The number of anilines is 1. The maximum Gasteiger partial charge on any atom is 0.427 e. The Kier molecular flexibility index (Phi) is 6.39. The van der Waals surface area contributed by atoms with Crippen molar-refractivity contribution in [2.24, 2.45) is 5.92 Å². The molecule has 4 rings (SSSR count). The second kappa shape index (κ2) is 9.03. The van der Waals surface area contributed by atoms with E-state index in [0.29, 0.717) is 18.1 Å². The van der Waals surface area contributed by atoms with Crippen molar-refractivity contribution in [1.82, 2.24) is 4.98 Å². The first-order chi connectivity index (χ1) is 16.4. The van der Waals surface area contributed by atoms with Crippen LogP contribution in [0, 0.1) is 5.92 Å². The molecular weight excluding hydrogens is 478 g/mol. The molecule has 0 bridgehead atoms. The van der Waals surface area contributed by atoms with Crippen molar-refractivity contribution in [1.29, 1.82) is 0 Å². The number of nitrogens with zero attached hydrogens (tertiary/aromatic N) is 1. The molecule has 3 aromatic rings. The van der Waals surface area contributed by atoms with Crippen LogP contribution >= 0.6 is 0 Å². The van der Waals surface area contributed by atoms with Gasteiger partial charge in [-0.25, -0.2) is 4.98 Å². The molecule has 0 spiro atoms. The van der Waals surface area contributed by atoms with E-state index < -0.39 is 46.8 Å². The number of alkyl halides is 6. The van der Waals surface area contributed by atoms with Gasteiger partial charge in [0.15, 0.2) is 0 Å². The molecule has 0 saturated heterocycles. The summed E-state index contributed by atoms with van der Waals surface area (Å²) in [6, 6.07) is 9.15. The van der Waals surface area contributed by atoms with Crippen molar-refractivity contribution in [3.05, 3.63) is 72.1 Å². The molecule has 2 aromatic carbocycles. The van der Waals surface area contributed by atoms with Gasteiger partial charge in [-0.2, -0.15) is 26.3 Å². The molecule has 1 fully saturated rings. The van der Waals surface area contributed by atoms with Crippen molar-refractivity contribution < 1.29 is 40.7 Å². The Morgan fingerprint density at radius 2 is 1.69 bits per heavy atom. The molecule has 1 aromatic heterocycles. The summed E-state index contributed by atoms with van der Waals surface area (Å²) in [5, 5.41) is 13.0. The number of halogens is 6. The lowest BCUT2D eigenvalue weighted by Gasteiger charge is -2.44. The summed E-state index contributed by atoms with van der Waals surface area (Å²) in [7, 11) is 0. The number of aromatic nitrogens is 1. The number of rotatable bonds is 6. The summed E-state index contributed by atoms with van der Waals surface area (Å²) >= 11 is 0. The van der Waals surface area contributed by atoms with Gasteiger partial charge in [0.2, 0.25) is 11.5 Å². The molecule has 1 heterocycles. The number of benzene rings is 2. The summed E-state index contributed by atoms with van der Waals surface area (Å²) in [5.41, 5.74) is -5.81. The largest absolute Gasteiger partial charge is 0.445 e. The number of oxazole rings is 1. The Hall–Kier alpha value is -3.34. The molecule has 1 aliphatic rings. The number of carbonyl (C=O) groups is 1. The van der Waals surface area contributed by atoms with Crippen molar-refractivity contribution >= 4 is 11.6 Å². The number of carbonyl (C=O) groups excluding carboxylic acids is 1. The van der Waals surface area contributed by atoms with Gasteiger partial charge >= 0.3 is 12.4 Å². The third kappa shape index (κ3) is 4.64. The Morgan fingerprint density at radius 1 is 1.03 bits per heavy atom. The van der Waals surface area contributed by atoms with Crippen LogP contribution in [0.4, 0.5) is 32.0 Å². The number of hydrogen-bond donors (Lipinski definition) is 2. The van der Waals surface area contributed by atoms with Crippen LogP contribution in [-0.2, 0) is 11.0 Å². The number of amides is 1. The van der Waals surface area contributed by atoms with Gasteiger partial charge in [-0.3, -0.25) is 4.79 Å². The number of aliphatic hydroxyl groups is 1. The second-order valence-corrected chi connectivity index (χ2v) is 8.39. The number of hydrogen-bond acceptors (Lipinski definition) is 4. The second-order valence-electron chi connectivity index (χ2n) is 8.39. The quantitative estimate of drug-likeness (QED) is 0.398. The van der Waals surface area contributed by atoms with Crippen molar-refractivity contribution in [3.8, 4) is 11.5 Å². The molecular formula is C24H20F6N2O3. The smallest absolute Gasteiger partial charge is 0.427 e. The standard InChI is InChI=1S/C24H20F6N2O3/c25-23(26,27)18-7-2-1-6-17(18)19(14-4-3-5-14)22(34,24(28,29)30)21(33)32-16-10-8-15(9-11-16)20-31-12-13-35-20/h1-2,6-14,19,34H,3-5H2,(H,32,33). The molecule has 186 valence electrons. The van der Waals surface area contributed by atoms with E-state index in [2.05, 4.69) is 4.98 Å². The van der Waals surface area contributed by atoms with Gasteiger partial charge in [-0.1, -0.05) is 24.6 Å². The Balaban J connectivity index is 1.74. The third-order valence-corrected chi connectivity index (χ3v) is 6.27. The highest BCUT2D eigenvalue weighted by molar-refractivity contribution is 5.99. The number of nitrogens with one attached hydrogen (secondary N) is 1. The van der Waals surface area contributed by atoms with Gasteiger partial charge in [-0.05, 0) is 54.7 Å². The summed E-state index contributed by atoms with van der Waals surface area (Å²) in [4.78, 5) is 17.0. The SMILES string of the molecule is O=C(Nc1ccc(-c2ncco2)cc1)C(O)(C(c1ccccc1C(F)(F)F)C1CCC1)C(F)(F)F. The first-order valence-corrected chi connectivity index (χ1v) is 10.7. The summed E-state index contributed by atoms with van der Waals surface area (Å²) in [6.07, 6.45) is -7.04. The molecule has 1 saturated carbocycles. The maximum absolute atomic E-state index is 14.4.